The fourth-order valence-electron chi connectivity index (χ4n) is 2.28. The lowest BCUT2D eigenvalue weighted by atomic mass is 10.1. The van der Waals surface area contributed by atoms with Crippen LogP contribution in [0.15, 0.2) is 53.6 Å². The van der Waals surface area contributed by atoms with Crippen molar-refractivity contribution in [3.05, 3.63) is 70.2 Å². The number of amides is 2. The number of hydrogen-bond acceptors (Lipinski definition) is 7. The Kier molecular flexibility index (Phi) is 6.07. The molecular formula is C19H17N5O3S. The molecule has 1 heterocycles. The van der Waals surface area contributed by atoms with Gasteiger partial charge in [-0.05, 0) is 48.4 Å². The van der Waals surface area contributed by atoms with Crippen LogP contribution in [0.2, 0.25) is 0 Å². The minimum absolute atomic E-state index is 0.00911. The lowest BCUT2D eigenvalue weighted by Gasteiger charge is -2.03. The summed E-state index contributed by atoms with van der Waals surface area (Å²) in [5.41, 5.74) is 4.54. The Labute approximate surface area is 165 Å². The molecule has 0 fully saturated rings. The molecule has 0 aliphatic heterocycles. The fraction of sp³-hybridized carbons (Fsp3) is 0.105. The summed E-state index contributed by atoms with van der Waals surface area (Å²) in [5.74, 6) is -0.477. The quantitative estimate of drug-likeness (QED) is 0.438. The molecule has 0 radical (unpaired) electrons. The smallest absolute Gasteiger partial charge is 0.257 e. The van der Waals surface area contributed by atoms with Gasteiger partial charge in [0, 0.05) is 5.56 Å². The normalized spacial score (nSPS) is 10.8. The minimum Gasteiger partial charge on any atom is -0.508 e. The largest absolute Gasteiger partial charge is 0.508 e. The molecule has 1 aromatic heterocycles. The molecule has 2 amide bonds. The molecule has 0 atom stereocenters. The number of rotatable bonds is 6. The number of hydrazone groups is 1. The zero-order valence-corrected chi connectivity index (χ0v) is 15.7. The van der Waals surface area contributed by atoms with Crippen molar-refractivity contribution < 1.29 is 14.7 Å². The van der Waals surface area contributed by atoms with Crippen molar-refractivity contribution in [3.8, 4) is 5.75 Å². The van der Waals surface area contributed by atoms with Crippen LogP contribution in [0.5, 0.6) is 5.75 Å². The summed E-state index contributed by atoms with van der Waals surface area (Å²) in [6.07, 6.45) is 1.45. The number of nitrogens with one attached hydrogen (secondary N) is 2. The Balaban J connectivity index is 1.52. The number of hydrogen-bond donors (Lipinski definition) is 3. The standard InChI is InChI=1S/C19H17N5O3S/c1-12-4-2-3-5-15(12)18(27)21-19-24-23-17(28-19)10-16(26)22-20-11-13-6-8-14(25)9-7-13/h2-9,11,25H,10H2,1H3,(H,22,26)(H,21,24,27)/b20-11+. The zero-order valence-electron chi connectivity index (χ0n) is 14.9. The van der Waals surface area contributed by atoms with Crippen LogP contribution in [0.3, 0.4) is 0 Å². The van der Waals surface area contributed by atoms with Gasteiger partial charge in [-0.2, -0.15) is 5.10 Å². The number of phenols is 1. The molecule has 3 rings (SSSR count). The predicted molar refractivity (Wildman–Crippen MR) is 107 cm³/mol. The minimum atomic E-state index is -0.358. The Morgan fingerprint density at radius 2 is 1.89 bits per heavy atom. The van der Waals surface area contributed by atoms with Crippen molar-refractivity contribution >= 4 is 34.5 Å². The van der Waals surface area contributed by atoms with E-state index in [-0.39, 0.29) is 24.0 Å². The third-order valence-corrected chi connectivity index (χ3v) is 4.52. The average molecular weight is 395 g/mol. The molecule has 0 saturated carbocycles. The number of carbonyl (C=O) groups excluding carboxylic acids is 2. The zero-order chi connectivity index (χ0) is 19.9. The molecule has 3 aromatic rings. The average Bonchev–Trinajstić information content (AvgIpc) is 3.10. The summed E-state index contributed by atoms with van der Waals surface area (Å²) < 4.78 is 0. The molecule has 0 aliphatic carbocycles. The van der Waals surface area contributed by atoms with Crippen LogP contribution in [0.4, 0.5) is 5.13 Å². The summed E-state index contributed by atoms with van der Waals surface area (Å²) in [6, 6.07) is 13.6. The SMILES string of the molecule is Cc1ccccc1C(=O)Nc1nnc(CC(=O)N/N=C/c2ccc(O)cc2)s1. The van der Waals surface area contributed by atoms with Crippen LogP contribution in [0, 0.1) is 6.92 Å². The summed E-state index contributed by atoms with van der Waals surface area (Å²) in [4.78, 5) is 24.2. The highest BCUT2D eigenvalue weighted by Gasteiger charge is 2.13. The number of anilines is 1. The van der Waals surface area contributed by atoms with Crippen LogP contribution in [0.25, 0.3) is 0 Å². The van der Waals surface area contributed by atoms with Gasteiger partial charge >= 0.3 is 0 Å². The van der Waals surface area contributed by atoms with E-state index in [1.165, 1.54) is 18.3 Å². The molecule has 142 valence electrons. The third-order valence-electron chi connectivity index (χ3n) is 3.68. The van der Waals surface area contributed by atoms with Gasteiger partial charge < -0.3 is 5.11 Å². The maximum absolute atomic E-state index is 12.3. The van der Waals surface area contributed by atoms with Gasteiger partial charge in [0.1, 0.15) is 10.8 Å². The highest BCUT2D eigenvalue weighted by molar-refractivity contribution is 7.15. The second-order valence-corrected chi connectivity index (χ2v) is 6.89. The first-order chi connectivity index (χ1) is 13.5. The Morgan fingerprint density at radius 1 is 1.14 bits per heavy atom. The van der Waals surface area contributed by atoms with Crippen LogP contribution < -0.4 is 10.7 Å². The second-order valence-electron chi connectivity index (χ2n) is 5.83. The first-order valence-electron chi connectivity index (χ1n) is 8.31. The molecule has 0 spiro atoms. The number of aromatic nitrogens is 2. The Morgan fingerprint density at radius 3 is 2.64 bits per heavy atom. The van der Waals surface area contributed by atoms with Crippen LogP contribution >= 0.6 is 11.3 Å². The summed E-state index contributed by atoms with van der Waals surface area (Å²) in [7, 11) is 0. The highest BCUT2D eigenvalue weighted by atomic mass is 32.1. The second kappa shape index (κ2) is 8.87. The molecule has 0 unspecified atom stereocenters. The van der Waals surface area contributed by atoms with Gasteiger partial charge in [0.15, 0.2) is 0 Å². The van der Waals surface area contributed by atoms with E-state index >= 15 is 0 Å². The first-order valence-corrected chi connectivity index (χ1v) is 9.13. The molecule has 2 aromatic carbocycles. The molecule has 0 saturated heterocycles. The number of nitrogens with zero attached hydrogens (tertiary/aromatic N) is 3. The number of aromatic hydroxyl groups is 1. The molecule has 8 nitrogen and oxygen atoms in total. The van der Waals surface area contributed by atoms with Crippen molar-refractivity contribution in [1.29, 1.82) is 0 Å². The number of benzene rings is 2. The number of carbonyl (C=O) groups is 2. The van der Waals surface area contributed by atoms with Gasteiger partial charge in [-0.1, -0.05) is 29.5 Å². The summed E-state index contributed by atoms with van der Waals surface area (Å²) >= 11 is 1.13. The molecular weight excluding hydrogens is 378 g/mol. The lowest BCUT2D eigenvalue weighted by Crippen LogP contribution is -2.19. The number of phenolic OH excluding ortho intramolecular Hbond substituents is 1. The molecule has 9 heteroatoms. The predicted octanol–water partition coefficient (Wildman–Crippen LogP) is 2.50. The van der Waals surface area contributed by atoms with Gasteiger partial charge in [0.2, 0.25) is 11.0 Å². The monoisotopic (exact) mass is 395 g/mol. The van der Waals surface area contributed by atoms with E-state index in [1.807, 2.05) is 19.1 Å². The lowest BCUT2D eigenvalue weighted by molar-refractivity contribution is -0.120. The van der Waals surface area contributed by atoms with Gasteiger partial charge in [-0.15, -0.1) is 10.2 Å². The van der Waals surface area contributed by atoms with Gasteiger partial charge in [-0.3, -0.25) is 14.9 Å². The van der Waals surface area contributed by atoms with E-state index in [1.54, 1.807) is 24.3 Å². The number of aryl methyl sites for hydroxylation is 1. The van der Waals surface area contributed by atoms with Crippen LogP contribution in [-0.4, -0.2) is 33.3 Å². The molecule has 0 aliphatic rings. The molecule has 3 N–H and O–H groups in total. The summed E-state index contributed by atoms with van der Waals surface area (Å²) in [6.45, 7) is 1.85. The van der Waals surface area contributed by atoms with Gasteiger partial charge in [0.25, 0.3) is 5.91 Å². The van der Waals surface area contributed by atoms with Gasteiger partial charge in [0.05, 0.1) is 12.6 Å². The molecule has 0 bridgehead atoms. The van der Waals surface area contributed by atoms with E-state index < -0.39 is 0 Å². The van der Waals surface area contributed by atoms with E-state index in [4.69, 9.17) is 0 Å². The highest BCUT2D eigenvalue weighted by Crippen LogP contribution is 2.17. The Bertz CT molecular complexity index is 1010. The maximum Gasteiger partial charge on any atom is 0.257 e. The van der Waals surface area contributed by atoms with Crippen molar-refractivity contribution in [2.45, 2.75) is 13.3 Å². The summed E-state index contributed by atoms with van der Waals surface area (Å²) in [5, 5.41) is 24.3. The Hall–Kier alpha value is -3.59. The maximum atomic E-state index is 12.3. The van der Waals surface area contributed by atoms with Crippen molar-refractivity contribution in [2.24, 2.45) is 5.10 Å². The van der Waals surface area contributed by atoms with Crippen molar-refractivity contribution in [1.82, 2.24) is 15.6 Å². The fourth-order valence-corrected chi connectivity index (χ4v) is 3.02. The van der Waals surface area contributed by atoms with E-state index in [2.05, 4.69) is 26.0 Å². The van der Waals surface area contributed by atoms with E-state index in [9.17, 15) is 14.7 Å². The van der Waals surface area contributed by atoms with Crippen LogP contribution in [0.1, 0.15) is 26.5 Å². The van der Waals surface area contributed by atoms with Crippen molar-refractivity contribution in [2.75, 3.05) is 5.32 Å². The third kappa shape index (κ3) is 5.21. The van der Waals surface area contributed by atoms with Crippen LogP contribution in [-0.2, 0) is 11.2 Å². The van der Waals surface area contributed by atoms with E-state index in [0.717, 1.165) is 22.5 Å². The van der Waals surface area contributed by atoms with E-state index in [0.29, 0.717) is 15.7 Å². The topological polar surface area (TPSA) is 117 Å². The van der Waals surface area contributed by atoms with Gasteiger partial charge in [-0.25, -0.2) is 5.43 Å². The molecule has 28 heavy (non-hydrogen) atoms. The van der Waals surface area contributed by atoms with Crippen molar-refractivity contribution in [3.63, 3.8) is 0 Å². The first kappa shape index (κ1) is 19.2.